The third-order valence-electron chi connectivity index (χ3n) is 6.81. The summed E-state index contributed by atoms with van der Waals surface area (Å²) in [6.07, 6.45) is -0.463. The van der Waals surface area contributed by atoms with Gasteiger partial charge in [-0.2, -0.15) is 0 Å². The largest absolute Gasteiger partial charge is 0.480 e. The normalized spacial score (nSPS) is 19.8. The average Bonchev–Trinajstić information content (AvgIpc) is 3.41. The van der Waals surface area contributed by atoms with Gasteiger partial charge in [-0.1, -0.05) is 62.4 Å². The number of likely N-dealkylation sites (tertiary alicyclic amines) is 1. The molecule has 8 nitrogen and oxygen atoms in total. The van der Waals surface area contributed by atoms with Crippen molar-refractivity contribution < 1.29 is 29.0 Å². The number of carboxylic acids is 1. The molecular weight excluding hydrogens is 448 g/mol. The van der Waals surface area contributed by atoms with Gasteiger partial charge in [-0.25, -0.2) is 9.59 Å². The second-order valence-electron chi connectivity index (χ2n) is 9.59. The molecule has 3 atom stereocenters. The van der Waals surface area contributed by atoms with Gasteiger partial charge in [0.05, 0.1) is 6.10 Å². The highest BCUT2D eigenvalue weighted by Gasteiger charge is 2.42. The minimum Gasteiger partial charge on any atom is -0.480 e. The summed E-state index contributed by atoms with van der Waals surface area (Å²) in [5, 5.41) is 12.3. The molecule has 0 spiro atoms. The van der Waals surface area contributed by atoms with Gasteiger partial charge in [0.15, 0.2) is 0 Å². The molecule has 1 aliphatic carbocycles. The van der Waals surface area contributed by atoms with E-state index in [4.69, 9.17) is 9.47 Å². The van der Waals surface area contributed by atoms with E-state index >= 15 is 0 Å². The number of fused-ring (bicyclic) bond motifs is 3. The number of carbonyl (C=O) groups is 3. The average molecular weight is 481 g/mol. The Balaban J connectivity index is 1.45. The molecule has 0 bridgehead atoms. The zero-order valence-electron chi connectivity index (χ0n) is 20.3. The van der Waals surface area contributed by atoms with E-state index in [1.54, 1.807) is 0 Å². The molecule has 186 valence electrons. The minimum atomic E-state index is -1.08. The number of rotatable bonds is 8. The molecule has 1 heterocycles. The fourth-order valence-corrected chi connectivity index (χ4v) is 5.12. The first-order valence-corrected chi connectivity index (χ1v) is 12.0. The summed E-state index contributed by atoms with van der Waals surface area (Å²) in [7, 11) is 1.50. The predicted molar refractivity (Wildman–Crippen MR) is 130 cm³/mol. The van der Waals surface area contributed by atoms with Crippen molar-refractivity contribution in [1.82, 2.24) is 10.2 Å². The van der Waals surface area contributed by atoms with Crippen molar-refractivity contribution in [2.75, 3.05) is 20.3 Å². The molecule has 1 fully saturated rings. The van der Waals surface area contributed by atoms with Gasteiger partial charge < -0.3 is 24.8 Å². The Hall–Kier alpha value is -3.39. The third kappa shape index (κ3) is 5.17. The molecule has 35 heavy (non-hydrogen) atoms. The van der Waals surface area contributed by atoms with Crippen molar-refractivity contribution >= 4 is 18.0 Å². The standard InChI is InChI=1S/C27H32N2O6/c1-16(2)12-23(25(30)29-14-17(34-3)13-24(29)26(31)32)28-27(33)35-15-22-20-10-6-4-8-18(20)19-9-5-7-11-21(19)22/h4-11,16-17,22-24H,12-15H2,1-3H3,(H,28,33)(H,31,32)/t17?,23-,24?/m0/s1. The highest BCUT2D eigenvalue weighted by Crippen LogP contribution is 2.44. The summed E-state index contributed by atoms with van der Waals surface area (Å²) in [5.41, 5.74) is 4.46. The number of amides is 2. The number of carboxylic acid groups (broad SMARTS) is 1. The van der Waals surface area contributed by atoms with Gasteiger partial charge in [0.2, 0.25) is 5.91 Å². The van der Waals surface area contributed by atoms with Gasteiger partial charge in [-0.3, -0.25) is 4.79 Å². The lowest BCUT2D eigenvalue weighted by Gasteiger charge is -2.28. The number of hydrogen-bond donors (Lipinski definition) is 2. The fraction of sp³-hybridized carbons (Fsp3) is 0.444. The summed E-state index contributed by atoms with van der Waals surface area (Å²) in [5.74, 6) is -1.51. The van der Waals surface area contributed by atoms with Crippen LogP contribution in [0.25, 0.3) is 11.1 Å². The van der Waals surface area contributed by atoms with E-state index in [1.165, 1.54) is 12.0 Å². The predicted octanol–water partition coefficient (Wildman–Crippen LogP) is 3.64. The van der Waals surface area contributed by atoms with Crippen molar-refractivity contribution in [3.63, 3.8) is 0 Å². The van der Waals surface area contributed by atoms with Crippen LogP contribution < -0.4 is 5.32 Å². The fourth-order valence-electron chi connectivity index (χ4n) is 5.12. The lowest BCUT2D eigenvalue weighted by molar-refractivity contribution is -0.149. The van der Waals surface area contributed by atoms with Gasteiger partial charge in [0.1, 0.15) is 18.7 Å². The highest BCUT2D eigenvalue weighted by molar-refractivity contribution is 5.90. The quantitative estimate of drug-likeness (QED) is 0.598. The Bertz CT molecular complexity index is 1060. The van der Waals surface area contributed by atoms with Crippen molar-refractivity contribution in [1.29, 1.82) is 0 Å². The molecule has 2 amide bonds. The molecule has 1 saturated heterocycles. The van der Waals surface area contributed by atoms with Crippen LogP contribution in [-0.4, -0.2) is 66.4 Å². The molecule has 0 radical (unpaired) electrons. The third-order valence-corrected chi connectivity index (χ3v) is 6.81. The lowest BCUT2D eigenvalue weighted by Crippen LogP contribution is -2.52. The van der Waals surface area contributed by atoms with E-state index in [0.29, 0.717) is 6.42 Å². The molecule has 1 aliphatic heterocycles. The highest BCUT2D eigenvalue weighted by atomic mass is 16.5. The van der Waals surface area contributed by atoms with Crippen LogP contribution in [0.5, 0.6) is 0 Å². The summed E-state index contributed by atoms with van der Waals surface area (Å²) < 4.78 is 10.9. The van der Waals surface area contributed by atoms with E-state index in [0.717, 1.165) is 22.3 Å². The Morgan fingerprint density at radius 2 is 1.66 bits per heavy atom. The Kier molecular flexibility index (Phi) is 7.40. The number of carbonyl (C=O) groups excluding carboxylic acids is 2. The molecule has 2 unspecified atom stereocenters. The zero-order valence-corrected chi connectivity index (χ0v) is 20.3. The van der Waals surface area contributed by atoms with Gasteiger partial charge in [-0.05, 0) is 34.6 Å². The maximum atomic E-state index is 13.3. The smallest absolute Gasteiger partial charge is 0.407 e. The Labute approximate surface area is 205 Å². The van der Waals surface area contributed by atoms with Gasteiger partial charge in [0.25, 0.3) is 0 Å². The topological polar surface area (TPSA) is 105 Å². The molecule has 0 saturated carbocycles. The maximum absolute atomic E-state index is 13.3. The minimum absolute atomic E-state index is 0.0927. The number of benzene rings is 2. The van der Waals surface area contributed by atoms with Crippen LogP contribution in [0.15, 0.2) is 48.5 Å². The number of nitrogens with one attached hydrogen (secondary N) is 1. The van der Waals surface area contributed by atoms with Crippen LogP contribution in [0, 0.1) is 5.92 Å². The number of aliphatic carboxylic acids is 1. The second-order valence-corrected chi connectivity index (χ2v) is 9.59. The summed E-state index contributed by atoms with van der Waals surface area (Å²) in [6, 6.07) is 14.3. The van der Waals surface area contributed by atoms with Crippen molar-refractivity contribution in [3.05, 3.63) is 59.7 Å². The van der Waals surface area contributed by atoms with E-state index in [-0.39, 0.29) is 37.5 Å². The van der Waals surface area contributed by atoms with Gasteiger partial charge >= 0.3 is 12.1 Å². The molecule has 8 heteroatoms. The van der Waals surface area contributed by atoms with Crippen LogP contribution in [0.1, 0.15) is 43.7 Å². The summed E-state index contributed by atoms with van der Waals surface area (Å²) >= 11 is 0. The molecule has 2 aliphatic rings. The summed E-state index contributed by atoms with van der Waals surface area (Å²) in [6.45, 7) is 4.19. The van der Waals surface area contributed by atoms with E-state index in [2.05, 4.69) is 17.4 Å². The van der Waals surface area contributed by atoms with Crippen molar-refractivity contribution in [3.8, 4) is 11.1 Å². The number of hydrogen-bond acceptors (Lipinski definition) is 5. The molecule has 4 rings (SSSR count). The van der Waals surface area contributed by atoms with E-state index in [9.17, 15) is 19.5 Å². The van der Waals surface area contributed by atoms with Crippen LogP contribution in [0.4, 0.5) is 4.79 Å². The number of ether oxygens (including phenoxy) is 2. The first kappa shape index (κ1) is 24.7. The monoisotopic (exact) mass is 480 g/mol. The lowest BCUT2D eigenvalue weighted by atomic mass is 9.98. The molecule has 0 aromatic heterocycles. The second kappa shape index (κ2) is 10.5. The van der Waals surface area contributed by atoms with Crippen LogP contribution >= 0.6 is 0 Å². The van der Waals surface area contributed by atoms with E-state index < -0.39 is 30.1 Å². The SMILES string of the molecule is COC1CC(C(=O)O)N(C(=O)[C@H](CC(C)C)NC(=O)OCC2c3ccccc3-c3ccccc32)C1. The maximum Gasteiger partial charge on any atom is 0.407 e. The zero-order chi connectivity index (χ0) is 25.1. The van der Waals surface area contributed by atoms with Crippen molar-refractivity contribution in [2.24, 2.45) is 5.92 Å². The molecule has 2 N–H and O–H groups in total. The first-order chi connectivity index (χ1) is 16.8. The van der Waals surface area contributed by atoms with E-state index in [1.807, 2.05) is 50.2 Å². The number of methoxy groups -OCH3 is 1. The van der Waals surface area contributed by atoms with Gasteiger partial charge in [0, 0.05) is 26.0 Å². The first-order valence-electron chi connectivity index (χ1n) is 12.0. The number of alkyl carbamates (subject to hydrolysis) is 1. The molecular formula is C27H32N2O6. The molecule has 2 aromatic carbocycles. The van der Waals surface area contributed by atoms with Crippen molar-refractivity contribution in [2.45, 2.75) is 50.8 Å². The van der Waals surface area contributed by atoms with Crippen LogP contribution in [0.2, 0.25) is 0 Å². The molecule has 2 aromatic rings. The summed E-state index contributed by atoms with van der Waals surface area (Å²) in [4.78, 5) is 39.2. The van der Waals surface area contributed by atoms with Gasteiger partial charge in [-0.15, -0.1) is 0 Å². The Morgan fingerprint density at radius 1 is 1.06 bits per heavy atom. The van der Waals surface area contributed by atoms with Crippen LogP contribution in [0.3, 0.4) is 0 Å². The number of nitrogens with zero attached hydrogens (tertiary/aromatic N) is 1. The van der Waals surface area contributed by atoms with Crippen LogP contribution in [-0.2, 0) is 19.1 Å². The Morgan fingerprint density at radius 3 is 2.20 bits per heavy atom.